The summed E-state index contributed by atoms with van der Waals surface area (Å²) in [6.07, 6.45) is 0. The Balaban J connectivity index is -0.000000349. The molecule has 2 aromatic rings. The summed E-state index contributed by atoms with van der Waals surface area (Å²) in [7, 11) is -2.13. The van der Waals surface area contributed by atoms with E-state index in [0.29, 0.717) is 0 Å². The molecule has 2 rings (SSSR count). The van der Waals surface area contributed by atoms with Crippen LogP contribution >= 0.6 is 0 Å². The van der Waals surface area contributed by atoms with Gasteiger partial charge in [0.1, 0.15) is 0 Å². The molecule has 0 saturated heterocycles. The normalized spacial score (nSPS) is 9.43. The summed E-state index contributed by atoms with van der Waals surface area (Å²) in [5.74, 6) is 1.15. The molecule has 0 amide bonds. The summed E-state index contributed by atoms with van der Waals surface area (Å²) in [5, 5.41) is 1.47. The van der Waals surface area contributed by atoms with Gasteiger partial charge in [0.15, 0.2) is 0 Å². The minimum absolute atomic E-state index is 0. The third-order valence-corrected chi connectivity index (χ3v) is 4.95. The fraction of sp³-hybridized carbons (Fsp3) is 0.333. The van der Waals surface area contributed by atoms with Crippen LogP contribution in [0.4, 0.5) is 0 Å². The molecule has 0 spiro atoms. The molecule has 0 aromatic heterocycles. The fourth-order valence-corrected chi connectivity index (χ4v) is 3.82. The van der Waals surface area contributed by atoms with Crippen LogP contribution in [0.1, 0.15) is 0 Å². The number of hydrogen-bond acceptors (Lipinski definition) is 1. The van der Waals surface area contributed by atoms with Crippen molar-refractivity contribution in [2.45, 2.75) is 32.7 Å². The van der Waals surface area contributed by atoms with Crippen LogP contribution < -0.4 is 34.4 Å². The molecule has 21 heavy (non-hydrogen) atoms. The average molecular weight is 439 g/mol. The van der Waals surface area contributed by atoms with Gasteiger partial charge in [-0.15, -0.1) is 5.19 Å². The van der Waals surface area contributed by atoms with E-state index in [1.165, 1.54) is 5.19 Å². The van der Waals surface area contributed by atoms with E-state index >= 15 is 0 Å². The van der Waals surface area contributed by atoms with Crippen molar-refractivity contribution < 1.29 is 55.4 Å². The standard InChI is InChI=1S/C10H19OSi2.C5H5.2ClH.Zr/c1-12(2)10-8-6-7-9(10)11-13(3,4)5;1-2-4-5-3-1;;;/h6-8,12H,1-5H3;1-5H;2*1H;/q2*-1;;;+4/p-2. The summed E-state index contributed by atoms with van der Waals surface area (Å²) in [5.41, 5.74) is 0. The van der Waals surface area contributed by atoms with Crippen LogP contribution in [0.3, 0.4) is 0 Å². The van der Waals surface area contributed by atoms with Crippen LogP contribution in [-0.2, 0) is 26.2 Å². The van der Waals surface area contributed by atoms with E-state index in [0.717, 1.165) is 5.75 Å². The van der Waals surface area contributed by atoms with Gasteiger partial charge < -0.3 is 29.2 Å². The molecule has 0 saturated carbocycles. The second kappa shape index (κ2) is 12.9. The van der Waals surface area contributed by atoms with E-state index in [2.05, 4.69) is 50.9 Å². The summed E-state index contributed by atoms with van der Waals surface area (Å²) < 4.78 is 6.01. The molecular weight excluding hydrogens is 414 g/mol. The smallest absolute Gasteiger partial charge is 1.00 e. The molecule has 0 aliphatic carbocycles. The van der Waals surface area contributed by atoms with E-state index in [-0.39, 0.29) is 51.0 Å². The van der Waals surface area contributed by atoms with E-state index in [1.807, 2.05) is 30.3 Å². The van der Waals surface area contributed by atoms with Crippen LogP contribution in [0.5, 0.6) is 5.75 Å². The van der Waals surface area contributed by atoms with Crippen LogP contribution in [0.25, 0.3) is 0 Å². The quantitative estimate of drug-likeness (QED) is 0.388. The third kappa shape index (κ3) is 11.6. The largest absolute Gasteiger partial charge is 4.00 e. The molecule has 0 aliphatic heterocycles. The zero-order valence-electron chi connectivity index (χ0n) is 13.4. The van der Waals surface area contributed by atoms with Gasteiger partial charge in [0.2, 0.25) is 8.32 Å². The third-order valence-electron chi connectivity index (χ3n) is 2.40. The van der Waals surface area contributed by atoms with Crippen molar-refractivity contribution in [2.75, 3.05) is 0 Å². The number of hydrogen-bond donors (Lipinski definition) is 0. The monoisotopic (exact) mass is 436 g/mol. The van der Waals surface area contributed by atoms with Crippen molar-refractivity contribution in [3.8, 4) is 5.75 Å². The number of halogens is 2. The van der Waals surface area contributed by atoms with Crippen molar-refractivity contribution in [3.05, 3.63) is 48.5 Å². The van der Waals surface area contributed by atoms with Crippen molar-refractivity contribution >= 4 is 22.3 Å². The van der Waals surface area contributed by atoms with Gasteiger partial charge in [-0.2, -0.15) is 30.3 Å². The molecule has 6 heteroatoms. The maximum atomic E-state index is 6.01. The topological polar surface area (TPSA) is 9.23 Å². The van der Waals surface area contributed by atoms with Gasteiger partial charge in [0.25, 0.3) is 0 Å². The summed E-state index contributed by atoms with van der Waals surface area (Å²) in [6, 6.07) is 16.4. The first-order valence-electron chi connectivity index (χ1n) is 6.51. The Morgan fingerprint density at radius 1 is 1.05 bits per heavy atom. The molecule has 0 radical (unpaired) electrons. The summed E-state index contributed by atoms with van der Waals surface area (Å²) >= 11 is 0. The first-order chi connectivity index (χ1) is 8.40. The first kappa shape index (κ1) is 26.3. The predicted octanol–water partition coefficient (Wildman–Crippen LogP) is -2.28. The molecule has 0 unspecified atom stereocenters. The van der Waals surface area contributed by atoms with E-state index < -0.39 is 17.1 Å². The van der Waals surface area contributed by atoms with E-state index in [1.54, 1.807) is 0 Å². The Labute approximate surface area is 163 Å². The molecule has 0 atom stereocenters. The summed E-state index contributed by atoms with van der Waals surface area (Å²) in [4.78, 5) is 0. The zero-order valence-corrected chi connectivity index (χ0v) is 19.5. The number of rotatable bonds is 3. The SMILES string of the molecule is C[SiH](C)[c-]1cccc1O[Si](C)(C)C.[Cl-].[Cl-].[Zr+4].c1cc[cH-]c1. The van der Waals surface area contributed by atoms with Crippen LogP contribution in [0, 0.1) is 0 Å². The predicted molar refractivity (Wildman–Crippen MR) is 86.6 cm³/mol. The van der Waals surface area contributed by atoms with Crippen molar-refractivity contribution in [3.63, 3.8) is 0 Å². The first-order valence-corrected chi connectivity index (χ1v) is 12.8. The molecule has 0 N–H and O–H groups in total. The van der Waals surface area contributed by atoms with Gasteiger partial charge in [-0.25, -0.2) is 18.2 Å². The Bertz CT molecular complexity index is 419. The molecule has 0 aliphatic rings. The Kier molecular flexibility index (Phi) is 16.1. The average Bonchev–Trinajstić information content (AvgIpc) is 2.85. The maximum Gasteiger partial charge on any atom is 4.00 e. The molecule has 0 heterocycles. The molecular formula is C15H24Cl2OSi2Zr. The van der Waals surface area contributed by atoms with E-state index in [9.17, 15) is 0 Å². The summed E-state index contributed by atoms with van der Waals surface area (Å²) in [6.45, 7) is 11.4. The second-order valence-corrected chi connectivity index (χ2v) is 13.0. The minimum Gasteiger partial charge on any atom is -1.00 e. The Morgan fingerprint density at radius 3 is 1.90 bits per heavy atom. The van der Waals surface area contributed by atoms with Gasteiger partial charge in [-0.05, 0) is 25.4 Å². The molecule has 116 valence electrons. The van der Waals surface area contributed by atoms with Gasteiger partial charge in [0, 0.05) is 8.80 Å². The Hall–Kier alpha value is 0.397. The molecule has 0 fully saturated rings. The molecule has 0 bridgehead atoms. The van der Waals surface area contributed by atoms with Crippen molar-refractivity contribution in [1.82, 2.24) is 0 Å². The van der Waals surface area contributed by atoms with Gasteiger partial charge in [-0.1, -0.05) is 13.1 Å². The van der Waals surface area contributed by atoms with Crippen LogP contribution in [-0.4, -0.2) is 17.1 Å². The maximum absolute atomic E-state index is 6.01. The van der Waals surface area contributed by atoms with Gasteiger partial charge in [-0.3, -0.25) is 0 Å². The second-order valence-electron chi connectivity index (χ2n) is 5.68. The zero-order chi connectivity index (χ0) is 13.6. The van der Waals surface area contributed by atoms with Crippen LogP contribution in [0.2, 0.25) is 32.7 Å². The van der Waals surface area contributed by atoms with Crippen LogP contribution in [0.15, 0.2) is 48.5 Å². The molecule has 1 nitrogen and oxygen atoms in total. The van der Waals surface area contributed by atoms with Crippen molar-refractivity contribution in [2.24, 2.45) is 0 Å². The van der Waals surface area contributed by atoms with Crippen molar-refractivity contribution in [1.29, 1.82) is 0 Å². The Morgan fingerprint density at radius 2 is 1.57 bits per heavy atom. The minimum atomic E-state index is -1.42. The van der Waals surface area contributed by atoms with Gasteiger partial charge in [0.05, 0.1) is 0 Å². The fourth-order valence-electron chi connectivity index (χ4n) is 1.64. The molecule has 2 aromatic carbocycles. The van der Waals surface area contributed by atoms with Gasteiger partial charge >= 0.3 is 26.2 Å². The van der Waals surface area contributed by atoms with E-state index in [4.69, 9.17) is 4.43 Å².